The third-order valence-electron chi connectivity index (χ3n) is 2.69. The second-order valence-electron chi connectivity index (χ2n) is 3.74. The molecule has 17 heavy (non-hydrogen) atoms. The molecule has 0 unspecified atom stereocenters. The van der Waals surface area contributed by atoms with Gasteiger partial charge in [-0.25, -0.2) is 4.39 Å². The van der Waals surface area contributed by atoms with Crippen molar-refractivity contribution >= 4 is 0 Å². The number of benzene rings is 1. The minimum atomic E-state index is -0.304. The van der Waals surface area contributed by atoms with E-state index in [1.807, 2.05) is 16.8 Å². The standard InChI is InChI=1S/C13H14FNO2/c1-17-12-5-4-10(13(14)7-12)8-15-6-2-3-11(15)9-16/h2-7,16H,8-9H2,1H3. The maximum absolute atomic E-state index is 13.7. The number of nitrogens with zero attached hydrogens (tertiary/aromatic N) is 1. The largest absolute Gasteiger partial charge is 0.497 e. The zero-order chi connectivity index (χ0) is 12.3. The van der Waals surface area contributed by atoms with Crippen molar-refractivity contribution in [3.63, 3.8) is 0 Å². The average Bonchev–Trinajstić information content (AvgIpc) is 2.79. The molecule has 1 heterocycles. The Morgan fingerprint density at radius 2 is 2.18 bits per heavy atom. The smallest absolute Gasteiger partial charge is 0.131 e. The average molecular weight is 235 g/mol. The van der Waals surface area contributed by atoms with Gasteiger partial charge in [-0.2, -0.15) is 0 Å². The minimum Gasteiger partial charge on any atom is -0.497 e. The second-order valence-corrected chi connectivity index (χ2v) is 3.74. The molecule has 0 aliphatic carbocycles. The van der Waals surface area contributed by atoms with Crippen LogP contribution in [0.4, 0.5) is 4.39 Å². The lowest BCUT2D eigenvalue weighted by Gasteiger charge is -2.09. The molecule has 90 valence electrons. The van der Waals surface area contributed by atoms with Crippen LogP contribution >= 0.6 is 0 Å². The molecule has 4 heteroatoms. The molecule has 0 atom stereocenters. The number of aliphatic hydroxyl groups is 1. The molecule has 1 aromatic heterocycles. The summed E-state index contributed by atoms with van der Waals surface area (Å²) in [4.78, 5) is 0. The molecule has 0 saturated heterocycles. The summed E-state index contributed by atoms with van der Waals surface area (Å²) in [6.45, 7) is 0.351. The Kier molecular flexibility index (Phi) is 3.44. The molecule has 2 aromatic rings. The molecule has 0 amide bonds. The van der Waals surface area contributed by atoms with Gasteiger partial charge >= 0.3 is 0 Å². The van der Waals surface area contributed by atoms with Gasteiger partial charge in [0.1, 0.15) is 11.6 Å². The highest BCUT2D eigenvalue weighted by molar-refractivity contribution is 5.29. The van der Waals surface area contributed by atoms with Crippen LogP contribution in [-0.4, -0.2) is 16.8 Å². The van der Waals surface area contributed by atoms with Crippen molar-refractivity contribution in [2.75, 3.05) is 7.11 Å². The summed E-state index contributed by atoms with van der Waals surface area (Å²) in [6, 6.07) is 8.40. The van der Waals surface area contributed by atoms with E-state index >= 15 is 0 Å². The number of methoxy groups -OCH3 is 1. The first-order valence-electron chi connectivity index (χ1n) is 5.32. The van der Waals surface area contributed by atoms with Crippen molar-refractivity contribution in [2.45, 2.75) is 13.2 Å². The van der Waals surface area contributed by atoms with Gasteiger partial charge in [0.25, 0.3) is 0 Å². The summed E-state index contributed by atoms with van der Waals surface area (Å²) in [5.74, 6) is 0.197. The Balaban J connectivity index is 2.24. The Morgan fingerprint density at radius 1 is 1.35 bits per heavy atom. The van der Waals surface area contributed by atoms with Gasteiger partial charge in [-0.05, 0) is 18.2 Å². The van der Waals surface area contributed by atoms with E-state index in [9.17, 15) is 4.39 Å². The van der Waals surface area contributed by atoms with Gasteiger partial charge in [0, 0.05) is 23.5 Å². The molecule has 0 saturated carbocycles. The Labute approximate surface area is 99.1 Å². The maximum atomic E-state index is 13.7. The van der Waals surface area contributed by atoms with Crippen molar-refractivity contribution in [2.24, 2.45) is 0 Å². The highest BCUT2D eigenvalue weighted by Gasteiger charge is 2.06. The SMILES string of the molecule is COc1ccc(Cn2cccc2CO)c(F)c1. The molecular formula is C13H14FNO2. The molecule has 2 rings (SSSR count). The van der Waals surface area contributed by atoms with Crippen molar-refractivity contribution < 1.29 is 14.2 Å². The van der Waals surface area contributed by atoms with Crippen molar-refractivity contribution in [1.82, 2.24) is 4.57 Å². The molecule has 0 aliphatic rings. The topological polar surface area (TPSA) is 34.4 Å². The van der Waals surface area contributed by atoms with Gasteiger partial charge in [0.15, 0.2) is 0 Å². The zero-order valence-electron chi connectivity index (χ0n) is 9.56. The van der Waals surface area contributed by atoms with E-state index in [1.165, 1.54) is 13.2 Å². The van der Waals surface area contributed by atoms with Crippen LogP contribution in [0.1, 0.15) is 11.3 Å². The van der Waals surface area contributed by atoms with E-state index < -0.39 is 0 Å². The van der Waals surface area contributed by atoms with E-state index in [2.05, 4.69) is 0 Å². The molecule has 0 fully saturated rings. The Morgan fingerprint density at radius 3 is 2.82 bits per heavy atom. The molecule has 0 aliphatic heterocycles. The quantitative estimate of drug-likeness (QED) is 0.881. The summed E-state index contributed by atoms with van der Waals surface area (Å²) in [7, 11) is 1.50. The van der Waals surface area contributed by atoms with E-state index in [4.69, 9.17) is 9.84 Å². The van der Waals surface area contributed by atoms with Crippen molar-refractivity contribution in [3.8, 4) is 5.75 Å². The summed E-state index contributed by atoms with van der Waals surface area (Å²) in [5, 5.41) is 9.10. The minimum absolute atomic E-state index is 0.0508. The number of hydrogen-bond donors (Lipinski definition) is 1. The van der Waals surface area contributed by atoms with E-state index in [0.29, 0.717) is 17.9 Å². The first-order chi connectivity index (χ1) is 8.24. The highest BCUT2D eigenvalue weighted by atomic mass is 19.1. The number of aliphatic hydroxyl groups excluding tert-OH is 1. The third kappa shape index (κ3) is 2.47. The summed E-state index contributed by atoms with van der Waals surface area (Å²) >= 11 is 0. The fourth-order valence-electron chi connectivity index (χ4n) is 1.71. The summed E-state index contributed by atoms with van der Waals surface area (Å²) in [6.07, 6.45) is 1.81. The Bertz CT molecular complexity index is 508. The van der Waals surface area contributed by atoms with Gasteiger partial charge in [-0.15, -0.1) is 0 Å². The molecule has 0 bridgehead atoms. The highest BCUT2D eigenvalue weighted by Crippen LogP contribution is 2.18. The number of aromatic nitrogens is 1. The first-order valence-corrected chi connectivity index (χ1v) is 5.32. The van der Waals surface area contributed by atoms with Crippen molar-refractivity contribution in [3.05, 3.63) is 53.6 Å². The predicted molar refractivity (Wildman–Crippen MR) is 62.4 cm³/mol. The van der Waals surface area contributed by atoms with Gasteiger partial charge in [-0.1, -0.05) is 6.07 Å². The predicted octanol–water partition coefficient (Wildman–Crippen LogP) is 2.18. The molecule has 3 nitrogen and oxygen atoms in total. The molecule has 0 radical (unpaired) electrons. The fraction of sp³-hybridized carbons (Fsp3) is 0.231. The van der Waals surface area contributed by atoms with Crippen LogP contribution < -0.4 is 4.74 Å². The Hall–Kier alpha value is -1.81. The van der Waals surface area contributed by atoms with Gasteiger partial charge in [0.05, 0.1) is 20.3 Å². The van der Waals surface area contributed by atoms with Gasteiger partial charge < -0.3 is 14.4 Å². The number of halogens is 1. The maximum Gasteiger partial charge on any atom is 0.131 e. The molecule has 1 N–H and O–H groups in total. The zero-order valence-corrected chi connectivity index (χ0v) is 9.56. The summed E-state index contributed by atoms with van der Waals surface area (Å²) in [5.41, 5.74) is 1.33. The van der Waals surface area contributed by atoms with E-state index in [1.54, 1.807) is 18.2 Å². The van der Waals surface area contributed by atoms with Crippen LogP contribution in [0.25, 0.3) is 0 Å². The molecular weight excluding hydrogens is 221 g/mol. The third-order valence-corrected chi connectivity index (χ3v) is 2.69. The van der Waals surface area contributed by atoms with Crippen LogP contribution in [0, 0.1) is 5.82 Å². The van der Waals surface area contributed by atoms with Crippen molar-refractivity contribution in [1.29, 1.82) is 0 Å². The van der Waals surface area contributed by atoms with Crippen LogP contribution in [-0.2, 0) is 13.2 Å². The lowest BCUT2D eigenvalue weighted by atomic mass is 10.2. The van der Waals surface area contributed by atoms with E-state index in [0.717, 1.165) is 5.69 Å². The summed E-state index contributed by atoms with van der Waals surface area (Å²) < 4.78 is 20.5. The fourth-order valence-corrected chi connectivity index (χ4v) is 1.71. The number of hydrogen-bond acceptors (Lipinski definition) is 2. The molecule has 0 spiro atoms. The second kappa shape index (κ2) is 5.01. The van der Waals surface area contributed by atoms with E-state index in [-0.39, 0.29) is 12.4 Å². The van der Waals surface area contributed by atoms with Crippen LogP contribution in [0.2, 0.25) is 0 Å². The lowest BCUT2D eigenvalue weighted by Crippen LogP contribution is -2.04. The van der Waals surface area contributed by atoms with Gasteiger partial charge in [-0.3, -0.25) is 0 Å². The lowest BCUT2D eigenvalue weighted by molar-refractivity contribution is 0.271. The number of ether oxygens (including phenoxy) is 1. The van der Waals surface area contributed by atoms with Crippen LogP contribution in [0.15, 0.2) is 36.5 Å². The first kappa shape index (κ1) is 11.7. The molecule has 1 aromatic carbocycles. The van der Waals surface area contributed by atoms with Gasteiger partial charge in [0.2, 0.25) is 0 Å². The normalized spacial score (nSPS) is 10.5. The number of rotatable bonds is 4. The van der Waals surface area contributed by atoms with Crippen LogP contribution in [0.3, 0.4) is 0 Å². The monoisotopic (exact) mass is 235 g/mol. The van der Waals surface area contributed by atoms with Crippen LogP contribution in [0.5, 0.6) is 5.75 Å².